The van der Waals surface area contributed by atoms with E-state index in [9.17, 15) is 0 Å². The van der Waals surface area contributed by atoms with Crippen LogP contribution in [0.1, 0.15) is 24.0 Å². The SMILES string of the molecule is CN1CCC(CN(C)Cc2cccc3c2CCCN3)C1. The third-order valence-corrected chi connectivity index (χ3v) is 4.69. The Morgan fingerprint density at radius 1 is 1.40 bits per heavy atom. The Balaban J connectivity index is 1.62. The first-order valence-electron chi connectivity index (χ1n) is 7.94. The maximum Gasteiger partial charge on any atom is 0.0375 e. The number of anilines is 1. The molecule has 1 fully saturated rings. The van der Waals surface area contributed by atoms with Crippen molar-refractivity contribution in [3.8, 4) is 0 Å². The predicted octanol–water partition coefficient (Wildman–Crippen LogP) is 2.43. The second-order valence-electron chi connectivity index (χ2n) is 6.59. The summed E-state index contributed by atoms with van der Waals surface area (Å²) in [5, 5.41) is 3.53. The first kappa shape index (κ1) is 13.9. The Bertz CT molecular complexity index is 458. The molecule has 2 aliphatic rings. The van der Waals surface area contributed by atoms with Gasteiger partial charge in [0.1, 0.15) is 0 Å². The van der Waals surface area contributed by atoms with Crippen LogP contribution in [0.25, 0.3) is 0 Å². The van der Waals surface area contributed by atoms with Crippen LogP contribution in [0, 0.1) is 5.92 Å². The summed E-state index contributed by atoms with van der Waals surface area (Å²) >= 11 is 0. The van der Waals surface area contributed by atoms with E-state index in [0.717, 1.165) is 19.0 Å². The van der Waals surface area contributed by atoms with Crippen LogP contribution in [0.4, 0.5) is 5.69 Å². The number of hydrogen-bond acceptors (Lipinski definition) is 3. The van der Waals surface area contributed by atoms with Gasteiger partial charge in [-0.15, -0.1) is 0 Å². The Morgan fingerprint density at radius 3 is 3.10 bits per heavy atom. The zero-order chi connectivity index (χ0) is 13.9. The molecular formula is C17H27N3. The molecule has 2 heterocycles. The molecule has 2 aliphatic heterocycles. The molecule has 1 aromatic carbocycles. The molecule has 0 aliphatic carbocycles. The van der Waals surface area contributed by atoms with Crippen molar-refractivity contribution in [2.24, 2.45) is 5.92 Å². The van der Waals surface area contributed by atoms with Crippen molar-refractivity contribution in [2.75, 3.05) is 45.6 Å². The van der Waals surface area contributed by atoms with Gasteiger partial charge in [-0.25, -0.2) is 0 Å². The van der Waals surface area contributed by atoms with E-state index in [0.29, 0.717) is 0 Å². The van der Waals surface area contributed by atoms with Crippen LogP contribution < -0.4 is 5.32 Å². The fraction of sp³-hybridized carbons (Fsp3) is 0.647. The zero-order valence-electron chi connectivity index (χ0n) is 12.9. The molecule has 1 atom stereocenters. The summed E-state index contributed by atoms with van der Waals surface area (Å²) in [4.78, 5) is 4.96. The van der Waals surface area contributed by atoms with Crippen molar-refractivity contribution in [1.82, 2.24) is 9.80 Å². The van der Waals surface area contributed by atoms with E-state index in [1.54, 1.807) is 5.56 Å². The molecule has 0 aromatic heterocycles. The Hall–Kier alpha value is -1.06. The summed E-state index contributed by atoms with van der Waals surface area (Å²) in [6, 6.07) is 6.73. The summed E-state index contributed by atoms with van der Waals surface area (Å²) in [6.45, 7) is 5.97. The monoisotopic (exact) mass is 273 g/mol. The van der Waals surface area contributed by atoms with Crippen LogP contribution >= 0.6 is 0 Å². The van der Waals surface area contributed by atoms with Crippen LogP contribution in [0.2, 0.25) is 0 Å². The van der Waals surface area contributed by atoms with Gasteiger partial charge in [0.25, 0.3) is 0 Å². The van der Waals surface area contributed by atoms with Crippen molar-refractivity contribution >= 4 is 5.69 Å². The molecule has 1 saturated heterocycles. The fourth-order valence-corrected chi connectivity index (χ4v) is 3.70. The first-order chi connectivity index (χ1) is 9.72. The Morgan fingerprint density at radius 2 is 2.30 bits per heavy atom. The van der Waals surface area contributed by atoms with Gasteiger partial charge < -0.3 is 15.1 Å². The van der Waals surface area contributed by atoms with Crippen molar-refractivity contribution in [3.05, 3.63) is 29.3 Å². The van der Waals surface area contributed by atoms with Crippen molar-refractivity contribution in [2.45, 2.75) is 25.8 Å². The zero-order valence-corrected chi connectivity index (χ0v) is 12.9. The van der Waals surface area contributed by atoms with Gasteiger partial charge in [0.15, 0.2) is 0 Å². The number of likely N-dealkylation sites (tertiary alicyclic amines) is 1. The minimum Gasteiger partial charge on any atom is -0.385 e. The summed E-state index contributed by atoms with van der Waals surface area (Å²) in [6.07, 6.45) is 3.86. The Labute approximate surface area is 123 Å². The lowest BCUT2D eigenvalue weighted by Crippen LogP contribution is -2.28. The highest BCUT2D eigenvalue weighted by atomic mass is 15.1. The highest BCUT2D eigenvalue weighted by Gasteiger charge is 2.21. The van der Waals surface area contributed by atoms with E-state index in [1.807, 2.05) is 0 Å². The van der Waals surface area contributed by atoms with Gasteiger partial charge in [-0.05, 0) is 63.0 Å². The standard InChI is InChI=1S/C17H27N3/c1-19-10-8-14(11-19)12-20(2)13-15-5-3-7-17-16(15)6-4-9-18-17/h3,5,7,14,18H,4,6,8-13H2,1-2H3. The lowest BCUT2D eigenvalue weighted by atomic mass is 9.97. The number of nitrogens with zero attached hydrogens (tertiary/aromatic N) is 2. The van der Waals surface area contributed by atoms with Crippen LogP contribution in [0.5, 0.6) is 0 Å². The molecule has 3 nitrogen and oxygen atoms in total. The molecule has 0 bridgehead atoms. The molecule has 20 heavy (non-hydrogen) atoms. The van der Waals surface area contributed by atoms with Crippen LogP contribution in [0.3, 0.4) is 0 Å². The predicted molar refractivity (Wildman–Crippen MR) is 85.2 cm³/mol. The fourth-order valence-electron chi connectivity index (χ4n) is 3.70. The molecule has 110 valence electrons. The maximum absolute atomic E-state index is 3.53. The van der Waals surface area contributed by atoms with E-state index >= 15 is 0 Å². The summed E-state index contributed by atoms with van der Waals surface area (Å²) in [7, 11) is 4.51. The van der Waals surface area contributed by atoms with Crippen LogP contribution in [-0.2, 0) is 13.0 Å². The van der Waals surface area contributed by atoms with Gasteiger partial charge in [-0.3, -0.25) is 0 Å². The summed E-state index contributed by atoms with van der Waals surface area (Å²) in [5.74, 6) is 0.850. The molecular weight excluding hydrogens is 246 g/mol. The molecule has 1 N–H and O–H groups in total. The number of nitrogens with one attached hydrogen (secondary N) is 1. The number of fused-ring (bicyclic) bond motifs is 1. The Kier molecular flexibility index (Phi) is 4.27. The van der Waals surface area contributed by atoms with Gasteiger partial charge in [0, 0.05) is 31.9 Å². The molecule has 0 spiro atoms. The highest BCUT2D eigenvalue weighted by Crippen LogP contribution is 2.26. The smallest absolute Gasteiger partial charge is 0.0375 e. The van der Waals surface area contributed by atoms with Crippen molar-refractivity contribution in [3.63, 3.8) is 0 Å². The highest BCUT2D eigenvalue weighted by molar-refractivity contribution is 5.56. The second kappa shape index (κ2) is 6.15. The largest absolute Gasteiger partial charge is 0.385 e. The molecule has 1 aromatic rings. The molecule has 0 saturated carbocycles. The number of benzene rings is 1. The lowest BCUT2D eigenvalue weighted by molar-refractivity contribution is 0.266. The lowest BCUT2D eigenvalue weighted by Gasteiger charge is -2.25. The second-order valence-corrected chi connectivity index (χ2v) is 6.59. The van der Waals surface area contributed by atoms with Crippen molar-refractivity contribution in [1.29, 1.82) is 0 Å². The quantitative estimate of drug-likeness (QED) is 0.909. The van der Waals surface area contributed by atoms with E-state index < -0.39 is 0 Å². The van der Waals surface area contributed by atoms with Crippen LogP contribution in [-0.4, -0.2) is 50.1 Å². The van der Waals surface area contributed by atoms with Gasteiger partial charge in [-0.2, -0.15) is 0 Å². The first-order valence-corrected chi connectivity index (χ1v) is 7.94. The van der Waals surface area contributed by atoms with Gasteiger partial charge in [-0.1, -0.05) is 12.1 Å². The number of hydrogen-bond donors (Lipinski definition) is 1. The molecule has 3 rings (SSSR count). The molecule has 1 unspecified atom stereocenters. The van der Waals surface area contributed by atoms with Gasteiger partial charge in [0.2, 0.25) is 0 Å². The van der Waals surface area contributed by atoms with E-state index in [-0.39, 0.29) is 0 Å². The summed E-state index contributed by atoms with van der Waals surface area (Å²) < 4.78 is 0. The minimum absolute atomic E-state index is 0.850. The molecule has 0 amide bonds. The topological polar surface area (TPSA) is 18.5 Å². The van der Waals surface area contributed by atoms with E-state index in [4.69, 9.17) is 0 Å². The van der Waals surface area contributed by atoms with E-state index in [2.05, 4.69) is 47.4 Å². The van der Waals surface area contributed by atoms with Crippen LogP contribution in [0.15, 0.2) is 18.2 Å². The van der Waals surface area contributed by atoms with Crippen molar-refractivity contribution < 1.29 is 0 Å². The van der Waals surface area contributed by atoms with Gasteiger partial charge >= 0.3 is 0 Å². The number of rotatable bonds is 4. The van der Waals surface area contributed by atoms with E-state index in [1.165, 1.54) is 50.1 Å². The third kappa shape index (κ3) is 3.15. The normalized spacial score (nSPS) is 22.9. The van der Waals surface area contributed by atoms with Gasteiger partial charge in [0.05, 0.1) is 0 Å². The maximum atomic E-state index is 3.53. The minimum atomic E-state index is 0.850. The molecule has 0 radical (unpaired) electrons. The summed E-state index contributed by atoms with van der Waals surface area (Å²) in [5.41, 5.74) is 4.43. The average molecular weight is 273 g/mol. The molecule has 3 heteroatoms. The average Bonchev–Trinajstić information content (AvgIpc) is 2.84. The third-order valence-electron chi connectivity index (χ3n) is 4.69.